The largest absolute Gasteiger partial charge is 0.355 e. The molecule has 1 aromatic carbocycles. The number of carbonyl (C=O) groups excluding carboxylic acids is 2. The monoisotopic (exact) mass is 342 g/mol. The molecule has 1 aliphatic heterocycles. The molecule has 2 N–H and O–H groups in total. The van der Waals surface area contributed by atoms with Crippen molar-refractivity contribution in [1.29, 1.82) is 0 Å². The van der Waals surface area contributed by atoms with Crippen LogP contribution in [0.3, 0.4) is 0 Å². The summed E-state index contributed by atoms with van der Waals surface area (Å²) in [6, 6.07) is 11.3. The maximum Gasteiger partial charge on any atom is 0.273 e. The summed E-state index contributed by atoms with van der Waals surface area (Å²) in [5.41, 5.74) is 0.995. The van der Waals surface area contributed by atoms with Crippen LogP contribution in [0, 0.1) is 0 Å². The third-order valence-electron chi connectivity index (χ3n) is 4.42. The average molecular weight is 342 g/mol. The number of likely N-dealkylation sites (N-methyl/N-ethyl adjacent to an activating group) is 1. The number of hydrogen-bond donors (Lipinski definition) is 2. The van der Waals surface area contributed by atoms with Crippen molar-refractivity contribution < 1.29 is 14.1 Å². The number of hydrogen-bond acceptors (Lipinski definition) is 5. The summed E-state index contributed by atoms with van der Waals surface area (Å²) >= 11 is 0. The molecule has 0 saturated carbocycles. The molecule has 25 heavy (non-hydrogen) atoms. The first-order valence-electron chi connectivity index (χ1n) is 8.41. The Bertz CT molecular complexity index is 729. The van der Waals surface area contributed by atoms with Gasteiger partial charge in [-0.1, -0.05) is 35.5 Å². The zero-order valence-corrected chi connectivity index (χ0v) is 14.2. The minimum Gasteiger partial charge on any atom is -0.355 e. The van der Waals surface area contributed by atoms with E-state index in [9.17, 15) is 9.59 Å². The van der Waals surface area contributed by atoms with E-state index in [2.05, 4.69) is 27.7 Å². The van der Waals surface area contributed by atoms with E-state index >= 15 is 0 Å². The summed E-state index contributed by atoms with van der Waals surface area (Å²) in [5.74, 6) is -0.126. The first-order valence-corrected chi connectivity index (χ1v) is 8.41. The lowest BCUT2D eigenvalue weighted by atomic mass is 10.1. The van der Waals surface area contributed by atoms with Gasteiger partial charge in [0.15, 0.2) is 11.5 Å². The zero-order chi connectivity index (χ0) is 17.6. The number of nitrogens with zero attached hydrogens (tertiary/aromatic N) is 2. The van der Waals surface area contributed by atoms with Crippen molar-refractivity contribution in [2.24, 2.45) is 0 Å². The lowest BCUT2D eigenvalue weighted by Gasteiger charge is -2.19. The van der Waals surface area contributed by atoms with Gasteiger partial charge >= 0.3 is 0 Å². The first kappa shape index (κ1) is 17.2. The Labute approximate surface area is 146 Å². The molecular formula is C18H22N4O3. The van der Waals surface area contributed by atoms with Gasteiger partial charge in [0, 0.05) is 24.2 Å². The highest BCUT2D eigenvalue weighted by Crippen LogP contribution is 2.19. The van der Waals surface area contributed by atoms with E-state index in [0.29, 0.717) is 18.3 Å². The quantitative estimate of drug-likeness (QED) is 0.826. The summed E-state index contributed by atoms with van der Waals surface area (Å²) in [6.45, 7) is 1.59. The summed E-state index contributed by atoms with van der Waals surface area (Å²) in [6.07, 6.45) is 2.24. The van der Waals surface area contributed by atoms with Gasteiger partial charge in [0.05, 0.1) is 6.54 Å². The number of rotatable bonds is 6. The molecule has 1 fully saturated rings. The molecule has 1 aromatic heterocycles. The number of amides is 2. The number of likely N-dealkylation sites (tertiary alicyclic amines) is 1. The van der Waals surface area contributed by atoms with E-state index in [0.717, 1.165) is 24.9 Å². The Hall–Kier alpha value is -2.67. The van der Waals surface area contributed by atoms with Gasteiger partial charge in [-0.05, 0) is 26.4 Å². The fourth-order valence-corrected chi connectivity index (χ4v) is 2.90. The lowest BCUT2D eigenvalue weighted by Crippen LogP contribution is -2.42. The SMILES string of the molecule is CN1CCC[C@@H]1CNC(=O)CNC(=O)c1cc(-c2ccccc2)on1. The normalized spacial score (nSPS) is 17.4. The van der Waals surface area contributed by atoms with Crippen LogP contribution >= 0.6 is 0 Å². The van der Waals surface area contributed by atoms with E-state index < -0.39 is 5.91 Å². The second-order valence-corrected chi connectivity index (χ2v) is 6.21. The minimum absolute atomic E-state index is 0.0806. The molecule has 0 spiro atoms. The van der Waals surface area contributed by atoms with Crippen LogP contribution in [0.25, 0.3) is 11.3 Å². The van der Waals surface area contributed by atoms with Crippen molar-refractivity contribution in [2.45, 2.75) is 18.9 Å². The molecule has 2 aromatic rings. The van der Waals surface area contributed by atoms with Crippen molar-refractivity contribution in [3.8, 4) is 11.3 Å². The van der Waals surface area contributed by atoms with Crippen LogP contribution in [0.1, 0.15) is 23.3 Å². The maximum absolute atomic E-state index is 12.1. The van der Waals surface area contributed by atoms with Crippen LogP contribution in [0.15, 0.2) is 40.9 Å². The summed E-state index contributed by atoms with van der Waals surface area (Å²) in [7, 11) is 2.06. The van der Waals surface area contributed by atoms with Crippen molar-refractivity contribution >= 4 is 11.8 Å². The second-order valence-electron chi connectivity index (χ2n) is 6.21. The standard InChI is InChI=1S/C18H22N4O3/c1-22-9-5-8-14(22)11-19-17(23)12-20-18(24)15-10-16(25-21-15)13-6-3-2-4-7-13/h2-4,6-7,10,14H,5,8-9,11-12H2,1H3,(H,19,23)(H,20,24)/t14-/m1/s1. The van der Waals surface area contributed by atoms with Gasteiger partial charge in [-0.2, -0.15) is 0 Å². The predicted molar refractivity (Wildman–Crippen MR) is 92.9 cm³/mol. The number of benzene rings is 1. The molecular weight excluding hydrogens is 320 g/mol. The fourth-order valence-electron chi connectivity index (χ4n) is 2.90. The van der Waals surface area contributed by atoms with Crippen LogP contribution in [0.5, 0.6) is 0 Å². The Morgan fingerprint density at radius 2 is 2.08 bits per heavy atom. The van der Waals surface area contributed by atoms with E-state index in [1.807, 2.05) is 30.3 Å². The van der Waals surface area contributed by atoms with E-state index in [1.165, 1.54) is 0 Å². The summed E-state index contributed by atoms with van der Waals surface area (Å²) in [5, 5.41) is 9.18. The fraction of sp³-hybridized carbons (Fsp3) is 0.389. The van der Waals surface area contributed by atoms with E-state index in [-0.39, 0.29) is 18.1 Å². The van der Waals surface area contributed by atoms with Gasteiger partial charge in [0.25, 0.3) is 5.91 Å². The van der Waals surface area contributed by atoms with Gasteiger partial charge in [-0.3, -0.25) is 9.59 Å². The average Bonchev–Trinajstić information content (AvgIpc) is 3.28. The molecule has 1 saturated heterocycles. The van der Waals surface area contributed by atoms with Crippen LogP contribution < -0.4 is 10.6 Å². The zero-order valence-electron chi connectivity index (χ0n) is 14.2. The highest BCUT2D eigenvalue weighted by molar-refractivity contribution is 5.95. The molecule has 2 heterocycles. The Morgan fingerprint density at radius 1 is 1.28 bits per heavy atom. The summed E-state index contributed by atoms with van der Waals surface area (Å²) < 4.78 is 5.19. The van der Waals surface area contributed by atoms with Gasteiger partial charge in [-0.25, -0.2) is 0 Å². The van der Waals surface area contributed by atoms with Crippen LogP contribution in [0.2, 0.25) is 0 Å². The molecule has 0 bridgehead atoms. The minimum atomic E-state index is -0.431. The first-order chi connectivity index (χ1) is 12.1. The van der Waals surface area contributed by atoms with Crippen LogP contribution in [0.4, 0.5) is 0 Å². The molecule has 7 heteroatoms. The van der Waals surface area contributed by atoms with Crippen molar-refractivity contribution in [3.05, 3.63) is 42.1 Å². The van der Waals surface area contributed by atoms with Crippen LogP contribution in [-0.2, 0) is 4.79 Å². The summed E-state index contributed by atoms with van der Waals surface area (Å²) in [4.78, 5) is 26.2. The second kappa shape index (κ2) is 7.94. The smallest absolute Gasteiger partial charge is 0.273 e. The topological polar surface area (TPSA) is 87.5 Å². The number of carbonyl (C=O) groups is 2. The lowest BCUT2D eigenvalue weighted by molar-refractivity contribution is -0.120. The molecule has 3 rings (SSSR count). The van der Waals surface area contributed by atoms with Crippen molar-refractivity contribution in [1.82, 2.24) is 20.7 Å². The Balaban J connectivity index is 1.46. The Kier molecular flexibility index (Phi) is 5.45. The van der Waals surface area contributed by atoms with Crippen LogP contribution in [-0.4, -0.2) is 54.6 Å². The predicted octanol–water partition coefficient (Wildman–Crippen LogP) is 1.28. The molecule has 2 amide bonds. The van der Waals surface area contributed by atoms with Gasteiger partial charge in [0.2, 0.25) is 5.91 Å². The highest BCUT2D eigenvalue weighted by atomic mass is 16.5. The number of aromatic nitrogens is 1. The van der Waals surface area contributed by atoms with E-state index in [1.54, 1.807) is 6.07 Å². The van der Waals surface area contributed by atoms with Gasteiger partial charge in [-0.15, -0.1) is 0 Å². The molecule has 1 atom stereocenters. The highest BCUT2D eigenvalue weighted by Gasteiger charge is 2.21. The maximum atomic E-state index is 12.1. The van der Waals surface area contributed by atoms with Crippen molar-refractivity contribution in [2.75, 3.05) is 26.7 Å². The molecule has 7 nitrogen and oxygen atoms in total. The Morgan fingerprint density at radius 3 is 2.80 bits per heavy atom. The molecule has 1 aliphatic rings. The van der Waals surface area contributed by atoms with Gasteiger partial charge in [0.1, 0.15) is 0 Å². The number of nitrogens with one attached hydrogen (secondary N) is 2. The van der Waals surface area contributed by atoms with Crippen molar-refractivity contribution in [3.63, 3.8) is 0 Å². The third-order valence-corrected chi connectivity index (χ3v) is 4.42. The van der Waals surface area contributed by atoms with Gasteiger partial charge < -0.3 is 20.1 Å². The molecule has 0 aliphatic carbocycles. The third kappa shape index (κ3) is 4.45. The molecule has 0 radical (unpaired) electrons. The van der Waals surface area contributed by atoms with E-state index in [4.69, 9.17) is 4.52 Å². The molecule has 0 unspecified atom stereocenters. The molecule has 132 valence electrons.